The van der Waals surface area contributed by atoms with Crippen molar-refractivity contribution in [3.63, 3.8) is 0 Å². The van der Waals surface area contributed by atoms with E-state index in [0.717, 1.165) is 11.3 Å². The molecule has 1 fully saturated rings. The number of ether oxygens (including phenoxy) is 1. The average molecular weight is 568 g/mol. The van der Waals surface area contributed by atoms with Crippen molar-refractivity contribution in [2.45, 2.75) is 6.92 Å². The highest BCUT2D eigenvalue weighted by atomic mass is 32.2. The number of aromatic nitrogens is 3. The van der Waals surface area contributed by atoms with Crippen molar-refractivity contribution >= 4 is 33.3 Å². The summed E-state index contributed by atoms with van der Waals surface area (Å²) in [7, 11) is 0.903. The highest BCUT2D eigenvalue weighted by Crippen LogP contribution is 2.29. The zero-order valence-electron chi connectivity index (χ0n) is 22.6. The zero-order chi connectivity index (χ0) is 28.6. The first-order valence-corrected chi connectivity index (χ1v) is 14.0. The summed E-state index contributed by atoms with van der Waals surface area (Å²) < 4.78 is 48.5. The molecule has 4 aromatic rings. The van der Waals surface area contributed by atoms with Gasteiger partial charge in [-0.2, -0.15) is 17.0 Å². The molecule has 1 amide bonds. The molecule has 1 aliphatic heterocycles. The Hall–Kier alpha value is -4.07. The van der Waals surface area contributed by atoms with E-state index in [-0.39, 0.29) is 24.7 Å². The molecule has 5 rings (SSSR count). The summed E-state index contributed by atoms with van der Waals surface area (Å²) in [6.07, 6.45) is 5.03. The number of piperazine rings is 1. The normalized spacial score (nSPS) is 14.6. The topological polar surface area (TPSA) is 112 Å². The lowest BCUT2D eigenvalue weighted by molar-refractivity contribution is 0.0694. The maximum Gasteiger partial charge on any atom is 0.281 e. The molecule has 3 heterocycles. The van der Waals surface area contributed by atoms with Crippen LogP contribution in [0.1, 0.15) is 15.9 Å². The lowest BCUT2D eigenvalue weighted by Gasteiger charge is -2.35. The van der Waals surface area contributed by atoms with Gasteiger partial charge >= 0.3 is 0 Å². The third-order valence-corrected chi connectivity index (χ3v) is 8.85. The number of halogens is 1. The van der Waals surface area contributed by atoms with Crippen molar-refractivity contribution in [2.24, 2.45) is 0 Å². The number of fused-ring (bicyclic) bond motifs is 1. The number of hydrogen-bond donors (Lipinski definition) is 1. The second-order valence-corrected chi connectivity index (χ2v) is 11.7. The van der Waals surface area contributed by atoms with Crippen molar-refractivity contribution in [3.8, 4) is 17.0 Å². The SMILES string of the molecule is COc1ccc(-c2cnc3c(Nc4ccc(C(=O)N5CCN(S(=O)(=O)N(C)C)CC5)c(C)c4)nccn23)cc1F. The van der Waals surface area contributed by atoms with Crippen molar-refractivity contribution in [2.75, 3.05) is 52.7 Å². The van der Waals surface area contributed by atoms with Crippen LogP contribution in [-0.4, -0.2) is 89.6 Å². The van der Waals surface area contributed by atoms with E-state index in [2.05, 4.69) is 15.3 Å². The van der Waals surface area contributed by atoms with Crippen molar-refractivity contribution < 1.29 is 22.3 Å². The number of hydrogen-bond acceptors (Lipinski definition) is 7. The summed E-state index contributed by atoms with van der Waals surface area (Å²) in [6.45, 7) is 2.98. The monoisotopic (exact) mass is 567 g/mol. The number of carbonyl (C=O) groups is 1. The number of methoxy groups -OCH3 is 1. The predicted octanol–water partition coefficient (Wildman–Crippen LogP) is 3.16. The van der Waals surface area contributed by atoms with Gasteiger partial charge in [0.2, 0.25) is 0 Å². The van der Waals surface area contributed by atoms with E-state index >= 15 is 0 Å². The Morgan fingerprint density at radius 2 is 1.82 bits per heavy atom. The second-order valence-electron chi connectivity index (χ2n) is 9.60. The smallest absolute Gasteiger partial charge is 0.281 e. The molecule has 1 aliphatic rings. The highest BCUT2D eigenvalue weighted by molar-refractivity contribution is 7.86. The van der Waals surface area contributed by atoms with E-state index in [1.807, 2.05) is 17.4 Å². The van der Waals surface area contributed by atoms with Crippen LogP contribution in [0.3, 0.4) is 0 Å². The average Bonchev–Trinajstić information content (AvgIpc) is 3.38. The van der Waals surface area contributed by atoms with Crippen LogP contribution in [0.15, 0.2) is 55.0 Å². The molecule has 210 valence electrons. The molecule has 11 nitrogen and oxygen atoms in total. The van der Waals surface area contributed by atoms with E-state index in [1.54, 1.807) is 47.8 Å². The van der Waals surface area contributed by atoms with Crippen molar-refractivity contribution in [3.05, 3.63) is 71.9 Å². The van der Waals surface area contributed by atoms with Gasteiger partial charge in [-0.15, -0.1) is 0 Å². The van der Waals surface area contributed by atoms with Crippen LogP contribution in [0.2, 0.25) is 0 Å². The Morgan fingerprint density at radius 1 is 1.07 bits per heavy atom. The number of nitrogens with zero attached hydrogens (tertiary/aromatic N) is 6. The lowest BCUT2D eigenvalue weighted by atomic mass is 10.1. The van der Waals surface area contributed by atoms with Gasteiger partial charge in [-0.1, -0.05) is 0 Å². The van der Waals surface area contributed by atoms with Crippen LogP contribution in [0.4, 0.5) is 15.9 Å². The Morgan fingerprint density at radius 3 is 2.48 bits per heavy atom. The standard InChI is InChI=1S/C27H30FN7O4S/c1-18-15-20(6-7-21(18)27(36)33-11-13-34(14-12-33)40(37,38)32(2)3)31-25-26-30-17-23(35(26)10-9-29-25)19-5-8-24(39-4)22(28)16-19/h5-10,15-17H,11-14H2,1-4H3,(H,29,31). The molecular weight excluding hydrogens is 537 g/mol. The number of rotatable bonds is 7. The zero-order valence-corrected chi connectivity index (χ0v) is 23.4. The molecule has 0 spiro atoms. The second kappa shape index (κ2) is 10.8. The van der Waals surface area contributed by atoms with E-state index in [1.165, 1.54) is 35.9 Å². The van der Waals surface area contributed by atoms with Crippen LogP contribution in [0.5, 0.6) is 5.75 Å². The van der Waals surface area contributed by atoms with Crippen LogP contribution in [0.25, 0.3) is 16.9 Å². The molecule has 2 aromatic heterocycles. The lowest BCUT2D eigenvalue weighted by Crippen LogP contribution is -2.53. The summed E-state index contributed by atoms with van der Waals surface area (Å²) in [4.78, 5) is 23.8. The third kappa shape index (κ3) is 5.10. The molecule has 0 radical (unpaired) electrons. The number of amides is 1. The summed E-state index contributed by atoms with van der Waals surface area (Å²) in [5.74, 6) is 0.0570. The molecule has 0 bridgehead atoms. The summed E-state index contributed by atoms with van der Waals surface area (Å²) in [5, 5.41) is 3.27. The molecule has 2 aromatic carbocycles. The Balaban J connectivity index is 1.32. The molecule has 1 N–H and O–H groups in total. The van der Waals surface area contributed by atoms with Gasteiger partial charge in [-0.3, -0.25) is 9.20 Å². The van der Waals surface area contributed by atoms with E-state index in [9.17, 15) is 17.6 Å². The molecule has 0 aliphatic carbocycles. The molecule has 13 heteroatoms. The Labute approximate surface area is 232 Å². The first kappa shape index (κ1) is 27.5. The molecule has 0 unspecified atom stereocenters. The minimum atomic E-state index is -3.51. The molecule has 1 saturated heterocycles. The van der Waals surface area contributed by atoms with Gasteiger partial charge in [0.1, 0.15) is 0 Å². The number of imidazole rings is 1. The fourth-order valence-electron chi connectivity index (χ4n) is 4.69. The van der Waals surface area contributed by atoms with Gasteiger partial charge in [-0.05, 0) is 48.9 Å². The van der Waals surface area contributed by atoms with E-state index < -0.39 is 16.0 Å². The van der Waals surface area contributed by atoms with Crippen LogP contribution >= 0.6 is 0 Å². The van der Waals surface area contributed by atoms with Gasteiger partial charge in [0.15, 0.2) is 23.0 Å². The van der Waals surface area contributed by atoms with Gasteiger partial charge in [0, 0.05) is 69.5 Å². The highest BCUT2D eigenvalue weighted by Gasteiger charge is 2.31. The van der Waals surface area contributed by atoms with Gasteiger partial charge in [0.05, 0.1) is 19.0 Å². The molecule has 40 heavy (non-hydrogen) atoms. The third-order valence-electron chi connectivity index (χ3n) is 6.91. The minimum absolute atomic E-state index is 0.143. The number of nitrogens with one attached hydrogen (secondary N) is 1. The fraction of sp³-hybridized carbons (Fsp3) is 0.296. The van der Waals surface area contributed by atoms with E-state index in [4.69, 9.17) is 4.74 Å². The number of benzene rings is 2. The van der Waals surface area contributed by atoms with Crippen molar-refractivity contribution in [1.82, 2.24) is 27.9 Å². The molecule has 0 atom stereocenters. The molecular formula is C27H30FN7O4S. The van der Waals surface area contributed by atoms with E-state index in [0.29, 0.717) is 41.4 Å². The van der Waals surface area contributed by atoms with Gasteiger partial charge < -0.3 is 15.0 Å². The fourth-order valence-corrected chi connectivity index (χ4v) is 5.77. The first-order chi connectivity index (χ1) is 19.1. The largest absolute Gasteiger partial charge is 0.494 e. The Bertz CT molecular complexity index is 1680. The predicted molar refractivity (Wildman–Crippen MR) is 149 cm³/mol. The summed E-state index contributed by atoms with van der Waals surface area (Å²) >= 11 is 0. The Kier molecular flexibility index (Phi) is 7.45. The minimum Gasteiger partial charge on any atom is -0.494 e. The van der Waals surface area contributed by atoms with Gasteiger partial charge in [0.25, 0.3) is 16.1 Å². The number of anilines is 2. The van der Waals surface area contributed by atoms with Gasteiger partial charge in [-0.25, -0.2) is 14.4 Å². The van der Waals surface area contributed by atoms with Crippen molar-refractivity contribution in [1.29, 1.82) is 0 Å². The molecule has 0 saturated carbocycles. The van der Waals surface area contributed by atoms with Crippen LogP contribution < -0.4 is 10.1 Å². The van der Waals surface area contributed by atoms with Crippen LogP contribution in [-0.2, 0) is 10.2 Å². The maximum atomic E-state index is 14.3. The first-order valence-electron chi connectivity index (χ1n) is 12.6. The van der Waals surface area contributed by atoms with Crippen LogP contribution in [0, 0.1) is 12.7 Å². The summed E-state index contributed by atoms with van der Waals surface area (Å²) in [5.41, 5.74) is 3.92. The number of carbonyl (C=O) groups excluding carboxylic acids is 1. The maximum absolute atomic E-state index is 14.3. The quantitative estimate of drug-likeness (QED) is 0.365. The number of aryl methyl sites for hydroxylation is 1. The summed E-state index contributed by atoms with van der Waals surface area (Å²) in [6, 6.07) is 10.1.